The lowest BCUT2D eigenvalue weighted by Gasteiger charge is -2.03. The zero-order valence-electron chi connectivity index (χ0n) is 11.0. The summed E-state index contributed by atoms with van der Waals surface area (Å²) in [6.07, 6.45) is 1.19. The Bertz CT molecular complexity index is 902. The fourth-order valence-corrected chi connectivity index (χ4v) is 3.68. The molecule has 0 fully saturated rings. The monoisotopic (exact) mass is 338 g/mol. The highest BCUT2D eigenvalue weighted by Crippen LogP contribution is 2.33. The Morgan fingerprint density at radius 1 is 1.14 bits per heavy atom. The number of aromatic nitrogens is 1. The lowest BCUT2D eigenvalue weighted by molar-refractivity contribution is 0.602. The highest BCUT2D eigenvalue weighted by molar-refractivity contribution is 7.90. The number of hydrogen-bond acceptors (Lipinski definition) is 5. The molecule has 108 valence electrons. The summed E-state index contributed by atoms with van der Waals surface area (Å²) in [5, 5.41) is 4.54. The number of anilines is 2. The number of benzene rings is 2. The lowest BCUT2D eigenvalue weighted by Crippen LogP contribution is -1.97. The van der Waals surface area contributed by atoms with Crippen molar-refractivity contribution in [1.82, 2.24) is 4.98 Å². The normalized spacial score (nSPS) is 11.7. The Labute approximate surface area is 131 Å². The van der Waals surface area contributed by atoms with Gasteiger partial charge in [0.2, 0.25) is 0 Å². The molecule has 1 aromatic heterocycles. The predicted octanol–water partition coefficient (Wildman–Crippen LogP) is 4.10. The van der Waals surface area contributed by atoms with Gasteiger partial charge >= 0.3 is 0 Å². The fourth-order valence-electron chi connectivity index (χ4n) is 1.88. The highest BCUT2D eigenvalue weighted by Gasteiger charge is 2.09. The third kappa shape index (κ3) is 3.02. The molecule has 0 aliphatic rings. The summed E-state index contributed by atoms with van der Waals surface area (Å²) in [4.78, 5) is 4.74. The van der Waals surface area contributed by atoms with Crippen LogP contribution < -0.4 is 5.32 Å². The number of rotatable bonds is 3. The average Bonchev–Trinajstić information content (AvgIpc) is 2.82. The summed E-state index contributed by atoms with van der Waals surface area (Å²) in [7, 11) is -3.18. The molecule has 0 aliphatic heterocycles. The van der Waals surface area contributed by atoms with Crippen molar-refractivity contribution in [3.63, 3.8) is 0 Å². The number of halogens is 1. The summed E-state index contributed by atoms with van der Waals surface area (Å²) in [5.74, 6) is 0. The van der Waals surface area contributed by atoms with Crippen molar-refractivity contribution in [1.29, 1.82) is 0 Å². The van der Waals surface area contributed by atoms with Gasteiger partial charge in [-0.25, -0.2) is 13.4 Å². The smallest absolute Gasteiger partial charge is 0.188 e. The highest BCUT2D eigenvalue weighted by atomic mass is 35.5. The molecule has 0 bridgehead atoms. The number of thiazole rings is 1. The van der Waals surface area contributed by atoms with Gasteiger partial charge in [-0.1, -0.05) is 29.0 Å². The van der Waals surface area contributed by atoms with Crippen LogP contribution in [0.1, 0.15) is 0 Å². The van der Waals surface area contributed by atoms with Crippen molar-refractivity contribution in [3.8, 4) is 0 Å². The molecule has 0 spiro atoms. The molecule has 0 amide bonds. The first-order valence-electron chi connectivity index (χ1n) is 6.06. The lowest BCUT2D eigenvalue weighted by atomic mass is 10.3. The Kier molecular flexibility index (Phi) is 3.61. The minimum absolute atomic E-state index is 0.292. The van der Waals surface area contributed by atoms with E-state index in [1.165, 1.54) is 17.6 Å². The first kappa shape index (κ1) is 14.3. The van der Waals surface area contributed by atoms with E-state index in [1.807, 2.05) is 18.2 Å². The van der Waals surface area contributed by atoms with Gasteiger partial charge in [0.25, 0.3) is 0 Å². The summed E-state index contributed by atoms with van der Waals surface area (Å²) < 4.78 is 23.7. The van der Waals surface area contributed by atoms with E-state index in [-0.39, 0.29) is 0 Å². The fraction of sp³-hybridized carbons (Fsp3) is 0.0714. The second-order valence-corrected chi connectivity index (χ2v) is 7.95. The van der Waals surface area contributed by atoms with Crippen LogP contribution in [0.2, 0.25) is 5.02 Å². The van der Waals surface area contributed by atoms with Gasteiger partial charge in [0.1, 0.15) is 0 Å². The van der Waals surface area contributed by atoms with E-state index >= 15 is 0 Å². The van der Waals surface area contributed by atoms with Gasteiger partial charge in [0.05, 0.1) is 20.1 Å². The zero-order valence-corrected chi connectivity index (χ0v) is 13.4. The van der Waals surface area contributed by atoms with Crippen LogP contribution in [0.3, 0.4) is 0 Å². The Morgan fingerprint density at radius 2 is 1.86 bits per heavy atom. The van der Waals surface area contributed by atoms with E-state index in [2.05, 4.69) is 10.3 Å². The molecule has 0 radical (unpaired) electrons. The quantitative estimate of drug-likeness (QED) is 0.781. The van der Waals surface area contributed by atoms with E-state index in [1.54, 1.807) is 24.3 Å². The predicted molar refractivity (Wildman–Crippen MR) is 87.5 cm³/mol. The third-order valence-corrected chi connectivity index (χ3v) is 5.48. The largest absolute Gasteiger partial charge is 0.332 e. The molecular formula is C14H11ClN2O2S2. The van der Waals surface area contributed by atoms with Crippen LogP contribution in [0, 0.1) is 0 Å². The average molecular weight is 339 g/mol. The maximum Gasteiger partial charge on any atom is 0.188 e. The topological polar surface area (TPSA) is 59.1 Å². The van der Waals surface area contributed by atoms with Gasteiger partial charge < -0.3 is 5.32 Å². The van der Waals surface area contributed by atoms with Crippen LogP contribution in [-0.2, 0) is 9.84 Å². The molecule has 3 aromatic rings. The van der Waals surface area contributed by atoms with E-state index in [4.69, 9.17) is 11.6 Å². The van der Waals surface area contributed by atoms with Crippen LogP contribution in [0.25, 0.3) is 10.2 Å². The van der Waals surface area contributed by atoms with Crippen molar-refractivity contribution in [3.05, 3.63) is 47.5 Å². The van der Waals surface area contributed by atoms with Crippen LogP contribution in [-0.4, -0.2) is 19.7 Å². The molecule has 2 aromatic carbocycles. The SMILES string of the molecule is CS(=O)(=O)c1ccc(Nc2nc3cccc(Cl)c3s2)cc1. The number of fused-ring (bicyclic) bond motifs is 1. The minimum atomic E-state index is -3.18. The number of nitrogens with zero attached hydrogens (tertiary/aromatic N) is 1. The molecule has 3 rings (SSSR count). The molecule has 7 heteroatoms. The molecule has 1 heterocycles. The molecular weight excluding hydrogens is 328 g/mol. The number of sulfone groups is 1. The summed E-state index contributed by atoms with van der Waals surface area (Å²) >= 11 is 7.58. The van der Waals surface area contributed by atoms with E-state index in [9.17, 15) is 8.42 Å². The van der Waals surface area contributed by atoms with Gasteiger partial charge in [-0.3, -0.25) is 0 Å². The van der Waals surface area contributed by atoms with Crippen LogP contribution in [0.4, 0.5) is 10.8 Å². The summed E-state index contributed by atoms with van der Waals surface area (Å²) in [6.45, 7) is 0. The molecule has 0 saturated carbocycles. The molecule has 0 aliphatic carbocycles. The van der Waals surface area contributed by atoms with Gasteiger partial charge in [0, 0.05) is 11.9 Å². The molecule has 4 nitrogen and oxygen atoms in total. The number of nitrogens with one attached hydrogen (secondary N) is 1. The van der Waals surface area contributed by atoms with Crippen molar-refractivity contribution in [2.24, 2.45) is 0 Å². The van der Waals surface area contributed by atoms with Gasteiger partial charge in [-0.15, -0.1) is 0 Å². The third-order valence-electron chi connectivity index (χ3n) is 2.90. The maximum absolute atomic E-state index is 11.4. The van der Waals surface area contributed by atoms with Crippen molar-refractivity contribution < 1.29 is 8.42 Å². The second kappa shape index (κ2) is 5.29. The molecule has 0 atom stereocenters. The minimum Gasteiger partial charge on any atom is -0.332 e. The van der Waals surface area contributed by atoms with Crippen LogP contribution >= 0.6 is 22.9 Å². The molecule has 0 saturated heterocycles. The van der Waals surface area contributed by atoms with Crippen molar-refractivity contribution in [2.75, 3.05) is 11.6 Å². The molecule has 0 unspecified atom stereocenters. The van der Waals surface area contributed by atoms with Crippen molar-refractivity contribution >= 4 is 53.8 Å². The van der Waals surface area contributed by atoms with Gasteiger partial charge in [-0.2, -0.15) is 0 Å². The number of hydrogen-bond donors (Lipinski definition) is 1. The standard InChI is InChI=1S/C14H11ClN2O2S2/c1-21(18,19)10-7-5-9(6-8-10)16-14-17-12-4-2-3-11(15)13(12)20-14/h2-8H,1H3,(H,16,17). The zero-order chi connectivity index (χ0) is 15.0. The first-order chi connectivity index (χ1) is 9.93. The second-order valence-electron chi connectivity index (χ2n) is 4.53. The van der Waals surface area contributed by atoms with Crippen LogP contribution in [0.5, 0.6) is 0 Å². The Morgan fingerprint density at radius 3 is 2.48 bits per heavy atom. The summed E-state index contributed by atoms with van der Waals surface area (Å²) in [5.41, 5.74) is 1.61. The Hall–Kier alpha value is -1.63. The van der Waals surface area contributed by atoms with Crippen LogP contribution in [0.15, 0.2) is 47.4 Å². The van der Waals surface area contributed by atoms with E-state index < -0.39 is 9.84 Å². The van der Waals surface area contributed by atoms with E-state index in [0.717, 1.165) is 15.9 Å². The maximum atomic E-state index is 11.4. The van der Waals surface area contributed by atoms with Gasteiger partial charge in [-0.05, 0) is 36.4 Å². The Balaban J connectivity index is 1.90. The van der Waals surface area contributed by atoms with Gasteiger partial charge in [0.15, 0.2) is 15.0 Å². The van der Waals surface area contributed by atoms with E-state index in [0.29, 0.717) is 15.0 Å². The summed E-state index contributed by atoms with van der Waals surface area (Å²) in [6, 6.07) is 12.1. The molecule has 21 heavy (non-hydrogen) atoms. The first-order valence-corrected chi connectivity index (χ1v) is 9.14. The molecule has 1 N–H and O–H groups in total. The van der Waals surface area contributed by atoms with Crippen molar-refractivity contribution in [2.45, 2.75) is 4.90 Å².